The maximum atomic E-state index is 9.96. The fourth-order valence-corrected chi connectivity index (χ4v) is 6.98. The van der Waals surface area contributed by atoms with Crippen molar-refractivity contribution in [1.82, 2.24) is 9.97 Å². The predicted octanol–water partition coefficient (Wildman–Crippen LogP) is 12.5. The molecule has 4 nitrogen and oxygen atoms in total. The molecule has 0 radical (unpaired) electrons. The number of hydrogen-bond donors (Lipinski definition) is 2. The van der Waals surface area contributed by atoms with Crippen LogP contribution in [0.15, 0.2) is 121 Å². The van der Waals surface area contributed by atoms with E-state index in [1.54, 1.807) is 17.4 Å². The average molecular weight is 693 g/mol. The number of nitrogens with one attached hydrogen (secondary N) is 1. The first kappa shape index (κ1) is 31.0. The first-order chi connectivity index (χ1) is 22.3. The van der Waals surface area contributed by atoms with Gasteiger partial charge in [0, 0.05) is 32.2 Å². The summed E-state index contributed by atoms with van der Waals surface area (Å²) in [4.78, 5) is 8.68. The summed E-state index contributed by atoms with van der Waals surface area (Å²) in [6.07, 6.45) is 0. The lowest BCUT2D eigenvalue weighted by Crippen LogP contribution is -1.90. The number of halogens is 4. The number of hydrogen-bond acceptors (Lipinski definition) is 6. The molecule has 0 amide bonds. The summed E-state index contributed by atoms with van der Waals surface area (Å²) in [5.41, 5.74) is 9.55. The molecule has 226 valence electrons. The van der Waals surface area contributed by atoms with Gasteiger partial charge in [0.25, 0.3) is 0 Å². The number of alkyl halides is 1. The SMILES string of the molecule is Clc1ccc2nc(Cl)sc2c1.Clc1ccc2nc(Nc3cccc4ccccc34)sc2c1.Nc1cccc2ccccc12.[2H]CF. The van der Waals surface area contributed by atoms with Crippen molar-refractivity contribution in [3.63, 3.8) is 0 Å². The summed E-state index contributed by atoms with van der Waals surface area (Å²) in [6.45, 7) is 0. The molecule has 0 aliphatic rings. The summed E-state index contributed by atoms with van der Waals surface area (Å²) in [7, 11) is -1.00. The molecular formula is C35H26Cl3FN4S2. The van der Waals surface area contributed by atoms with Crippen LogP contribution in [-0.2, 0) is 0 Å². The molecule has 6 aromatic carbocycles. The molecule has 0 aliphatic heterocycles. The van der Waals surface area contributed by atoms with Crippen LogP contribution in [0.5, 0.6) is 0 Å². The van der Waals surface area contributed by atoms with E-state index in [-0.39, 0.29) is 0 Å². The molecule has 45 heavy (non-hydrogen) atoms. The molecule has 8 rings (SSSR count). The van der Waals surface area contributed by atoms with Gasteiger partial charge in [-0.3, -0.25) is 4.39 Å². The molecule has 0 aliphatic carbocycles. The van der Waals surface area contributed by atoms with Gasteiger partial charge in [-0.2, -0.15) is 0 Å². The van der Waals surface area contributed by atoms with Crippen molar-refractivity contribution in [2.45, 2.75) is 0 Å². The van der Waals surface area contributed by atoms with E-state index in [0.717, 1.165) is 52.4 Å². The summed E-state index contributed by atoms with van der Waals surface area (Å²) in [6, 6.07) is 39.9. The zero-order chi connectivity index (χ0) is 32.5. The van der Waals surface area contributed by atoms with E-state index in [2.05, 4.69) is 57.7 Å². The van der Waals surface area contributed by atoms with Crippen molar-refractivity contribution in [2.75, 3.05) is 18.2 Å². The van der Waals surface area contributed by atoms with Gasteiger partial charge >= 0.3 is 0 Å². The monoisotopic (exact) mass is 691 g/mol. The van der Waals surface area contributed by atoms with Crippen LogP contribution in [0.1, 0.15) is 1.37 Å². The van der Waals surface area contributed by atoms with Gasteiger partial charge in [0.2, 0.25) is 0 Å². The highest BCUT2D eigenvalue weighted by Gasteiger charge is 2.07. The maximum Gasteiger partial charge on any atom is 0.188 e. The highest BCUT2D eigenvalue weighted by atomic mass is 35.5. The Morgan fingerprint density at radius 3 is 1.87 bits per heavy atom. The molecule has 2 aromatic heterocycles. The second kappa shape index (κ2) is 15.3. The summed E-state index contributed by atoms with van der Waals surface area (Å²) < 4.78 is 18.2. The van der Waals surface area contributed by atoms with Crippen LogP contribution in [0.2, 0.25) is 14.5 Å². The van der Waals surface area contributed by atoms with Gasteiger partial charge in [0.1, 0.15) is 0 Å². The number of fused-ring (bicyclic) bond motifs is 4. The van der Waals surface area contributed by atoms with Gasteiger partial charge < -0.3 is 11.1 Å². The third-order valence-corrected chi connectivity index (χ3v) is 9.06. The Kier molecular flexibility index (Phi) is 10.6. The van der Waals surface area contributed by atoms with Gasteiger partial charge in [0.15, 0.2) is 9.60 Å². The maximum absolute atomic E-state index is 9.96. The third kappa shape index (κ3) is 8.19. The number of nitrogen functional groups attached to an aromatic ring is 1. The second-order valence-electron chi connectivity index (χ2n) is 9.43. The minimum absolute atomic E-state index is 0.558. The van der Waals surface area contributed by atoms with Crippen molar-refractivity contribution in [1.29, 1.82) is 0 Å². The Bertz CT molecular complexity index is 2210. The van der Waals surface area contributed by atoms with E-state index in [4.69, 9.17) is 41.9 Å². The molecule has 0 bridgehead atoms. The largest absolute Gasteiger partial charge is 0.398 e. The topological polar surface area (TPSA) is 63.8 Å². The van der Waals surface area contributed by atoms with E-state index in [1.807, 2.05) is 72.8 Å². The highest BCUT2D eigenvalue weighted by molar-refractivity contribution is 7.22. The molecule has 8 aromatic rings. The van der Waals surface area contributed by atoms with Crippen molar-refractivity contribution >= 4 is 116 Å². The molecule has 2 heterocycles. The van der Waals surface area contributed by atoms with Gasteiger partial charge in [-0.25, -0.2) is 9.97 Å². The fraction of sp³-hybridized carbons (Fsp3) is 0.0286. The van der Waals surface area contributed by atoms with Crippen molar-refractivity contribution < 1.29 is 5.76 Å². The molecule has 0 unspecified atom stereocenters. The normalized spacial score (nSPS) is 10.7. The standard InChI is InChI=1S/C17H11ClN2S.C10H9N.C7H3Cl2NS.CH3F/c18-12-8-9-15-16(10-12)21-17(20-15)19-14-7-3-5-11-4-1-2-6-13(11)14;11-10-7-3-5-8-4-1-2-6-9(8)10;8-4-1-2-5-6(3-4)11-7(9)10-5;1-2/h1-10H,(H,19,20);1-7H,11H2;1-3H;1H3/i;;;1D. The first-order valence-electron chi connectivity index (χ1n) is 14.2. The van der Waals surface area contributed by atoms with Gasteiger partial charge in [-0.15, -0.1) is 11.3 Å². The summed E-state index contributed by atoms with van der Waals surface area (Å²) in [5, 5.41) is 10.5. The number of aromatic nitrogens is 2. The molecule has 0 fully saturated rings. The molecule has 3 N–H and O–H groups in total. The van der Waals surface area contributed by atoms with E-state index in [9.17, 15) is 4.39 Å². The lowest BCUT2D eigenvalue weighted by Gasteiger charge is -2.06. The number of thiazole rings is 2. The molecular weight excluding hydrogens is 666 g/mol. The summed E-state index contributed by atoms with van der Waals surface area (Å²) >= 11 is 20.5. The first-order valence-corrected chi connectivity index (χ1v) is 16.2. The minimum Gasteiger partial charge on any atom is -0.398 e. The third-order valence-electron chi connectivity index (χ3n) is 6.53. The van der Waals surface area contributed by atoms with Crippen LogP contribution < -0.4 is 11.1 Å². The van der Waals surface area contributed by atoms with Gasteiger partial charge in [0.05, 0.1) is 29.0 Å². The van der Waals surface area contributed by atoms with E-state index in [1.165, 1.54) is 27.5 Å². The zero-order valence-electron chi connectivity index (χ0n) is 24.6. The molecule has 0 atom stereocenters. The van der Waals surface area contributed by atoms with Crippen LogP contribution in [0.25, 0.3) is 42.0 Å². The Hall–Kier alpha value is -3.98. The molecule has 0 saturated heterocycles. The minimum atomic E-state index is -1.00. The number of nitrogens with two attached hydrogens (primary N) is 1. The second-order valence-corrected chi connectivity index (χ2v) is 12.9. The lowest BCUT2D eigenvalue weighted by molar-refractivity contribution is 0.636. The molecule has 0 saturated carbocycles. The number of benzene rings is 6. The van der Waals surface area contributed by atoms with Crippen LogP contribution in [0.3, 0.4) is 0 Å². The molecule has 0 spiro atoms. The van der Waals surface area contributed by atoms with E-state index < -0.39 is 7.15 Å². The average Bonchev–Trinajstić information content (AvgIpc) is 3.63. The van der Waals surface area contributed by atoms with Gasteiger partial charge in [-0.05, 0) is 59.3 Å². The lowest BCUT2D eigenvalue weighted by atomic mass is 10.1. The fourth-order valence-electron chi connectivity index (χ4n) is 4.52. The van der Waals surface area contributed by atoms with Crippen LogP contribution in [-0.4, -0.2) is 17.1 Å². The quantitative estimate of drug-likeness (QED) is 0.177. The Morgan fingerprint density at radius 2 is 1.20 bits per heavy atom. The van der Waals surface area contributed by atoms with E-state index in [0.29, 0.717) is 4.47 Å². The van der Waals surface area contributed by atoms with Crippen LogP contribution >= 0.6 is 57.5 Å². The van der Waals surface area contributed by atoms with E-state index >= 15 is 0 Å². The zero-order valence-corrected chi connectivity index (χ0v) is 27.5. The molecule has 10 heteroatoms. The van der Waals surface area contributed by atoms with Crippen molar-refractivity contribution in [3.05, 3.63) is 136 Å². The Morgan fingerprint density at radius 1 is 0.667 bits per heavy atom. The van der Waals surface area contributed by atoms with Crippen LogP contribution in [0, 0.1) is 0 Å². The number of nitrogens with zero attached hydrogens (tertiary/aromatic N) is 2. The number of rotatable bonds is 2. The summed E-state index contributed by atoms with van der Waals surface area (Å²) in [5.74, 6) is 0. The van der Waals surface area contributed by atoms with Crippen molar-refractivity contribution in [3.8, 4) is 0 Å². The Balaban J connectivity index is 0.000000141. The smallest absolute Gasteiger partial charge is 0.188 e. The number of anilines is 3. The predicted molar refractivity (Wildman–Crippen MR) is 197 cm³/mol. The highest BCUT2D eigenvalue weighted by Crippen LogP contribution is 2.33. The van der Waals surface area contributed by atoms with Gasteiger partial charge in [-0.1, -0.05) is 119 Å². The van der Waals surface area contributed by atoms with Crippen molar-refractivity contribution in [2.24, 2.45) is 0 Å². The van der Waals surface area contributed by atoms with Crippen LogP contribution in [0.4, 0.5) is 20.9 Å². The Labute approximate surface area is 284 Å².